The van der Waals surface area contributed by atoms with Crippen LogP contribution in [0.4, 0.5) is 0 Å². The number of aliphatic hydroxyl groups is 9. The lowest BCUT2D eigenvalue weighted by molar-refractivity contribution is -0.259. The van der Waals surface area contributed by atoms with Crippen molar-refractivity contribution in [1.29, 1.82) is 0 Å². The van der Waals surface area contributed by atoms with Crippen molar-refractivity contribution in [2.24, 2.45) is 0 Å². The van der Waals surface area contributed by atoms with Gasteiger partial charge in [0.2, 0.25) is 23.6 Å². The number of carbonyl (C=O) groups is 5. The Labute approximate surface area is 511 Å². The molecule has 88 heavy (non-hydrogen) atoms. The Bertz CT molecular complexity index is 1840. The van der Waals surface area contributed by atoms with E-state index in [2.05, 4.69) is 21.3 Å². The van der Waals surface area contributed by atoms with Crippen LogP contribution in [0.25, 0.3) is 0 Å². The number of hydrogen-bond donors (Lipinski definition) is 14. The smallest absolute Gasteiger partial charge is 0.326 e. The topological polar surface area (TPSA) is 474 Å². The highest BCUT2D eigenvalue weighted by Gasteiger charge is 2.39. The lowest BCUT2D eigenvalue weighted by atomic mass is 10.0. The summed E-state index contributed by atoms with van der Waals surface area (Å²) in [5.41, 5.74) is 0. The van der Waals surface area contributed by atoms with Crippen molar-refractivity contribution in [1.82, 2.24) is 21.3 Å². The maximum absolute atomic E-state index is 13.5. The zero-order valence-corrected chi connectivity index (χ0v) is 50.0. The fourth-order valence-corrected chi connectivity index (χ4v) is 8.59. The highest BCUT2D eigenvalue weighted by Crippen LogP contribution is 2.23. The predicted molar refractivity (Wildman–Crippen MR) is 298 cm³/mol. The number of ether oxygens (including phenoxy) is 15. The fraction of sp³-hybridized carbons (Fsp3) is 0.907. The van der Waals surface area contributed by atoms with Gasteiger partial charge in [0.05, 0.1) is 157 Å². The number of carbonyl (C=O) groups excluding carboxylic acids is 4. The summed E-state index contributed by atoms with van der Waals surface area (Å²) in [5.74, 6) is -3.51. The minimum atomic E-state index is -1.32. The Hall–Kier alpha value is -3.61. The summed E-state index contributed by atoms with van der Waals surface area (Å²) in [4.78, 5) is 63.5. The van der Waals surface area contributed by atoms with E-state index >= 15 is 0 Å². The number of carboxylic acid groups (broad SMARTS) is 1. The van der Waals surface area contributed by atoms with Crippen molar-refractivity contribution >= 4 is 29.6 Å². The van der Waals surface area contributed by atoms with Gasteiger partial charge in [-0.25, -0.2) is 4.79 Å². The van der Waals surface area contributed by atoms with Gasteiger partial charge in [-0.2, -0.15) is 0 Å². The molecule has 3 fully saturated rings. The normalized spacial score (nSPS) is 25.4. The molecule has 0 aromatic carbocycles. The Morgan fingerprint density at radius 2 is 0.682 bits per heavy atom. The van der Waals surface area contributed by atoms with Gasteiger partial charge in [-0.05, 0) is 38.5 Å². The molecule has 3 rings (SSSR count). The van der Waals surface area contributed by atoms with Crippen LogP contribution in [0.5, 0.6) is 0 Å². The Kier molecular flexibility index (Phi) is 43.9. The zero-order chi connectivity index (χ0) is 64.2. The number of amides is 4. The third-order valence-electron chi connectivity index (χ3n) is 13.4. The van der Waals surface area contributed by atoms with Crippen LogP contribution in [0.15, 0.2) is 0 Å². The van der Waals surface area contributed by atoms with E-state index < -0.39 is 142 Å². The number of rotatable bonds is 53. The summed E-state index contributed by atoms with van der Waals surface area (Å²) >= 11 is 0. The van der Waals surface area contributed by atoms with E-state index in [4.69, 9.17) is 71.1 Å². The molecule has 0 aromatic heterocycles. The molecule has 3 aliphatic rings. The van der Waals surface area contributed by atoms with E-state index in [-0.39, 0.29) is 177 Å². The van der Waals surface area contributed by atoms with Gasteiger partial charge in [0.15, 0.2) is 18.9 Å². The summed E-state index contributed by atoms with van der Waals surface area (Å²) < 4.78 is 81.4. The lowest BCUT2D eigenvalue weighted by Crippen LogP contribution is -2.52. The molecule has 3 heterocycles. The maximum Gasteiger partial charge on any atom is 0.326 e. The highest BCUT2D eigenvalue weighted by atomic mass is 16.7. The van der Waals surface area contributed by atoms with Crippen molar-refractivity contribution in [3.05, 3.63) is 0 Å². The molecule has 0 aromatic rings. The van der Waals surface area contributed by atoms with Crippen molar-refractivity contribution in [3.8, 4) is 0 Å². The van der Waals surface area contributed by atoms with Crippen LogP contribution < -0.4 is 21.3 Å². The number of aliphatic carboxylic acids is 1. The SMILES string of the molecule is O=C(COCCOCCOCCO[C@H]1C[C@@H](O)[C@@H](O)[C@@H](CO)O1)NCCCCC(NC(=O)[C@H](CCCCNC(=O)COCCOCCOCCO[C@H]1C[C@@H](O)[C@@H](O)[C@@H](CO)O1)NC(=O)COCCOCCOCCO[C@H]1C[C@@H](O)[C@@H](O)[C@@H](CO)O1)C(=O)O. The largest absolute Gasteiger partial charge is 0.480 e. The van der Waals surface area contributed by atoms with Crippen LogP contribution in [0.1, 0.15) is 57.8 Å². The monoisotopic (exact) mass is 1280 g/mol. The molecule has 0 saturated carbocycles. The zero-order valence-electron chi connectivity index (χ0n) is 50.0. The second-order valence-electron chi connectivity index (χ2n) is 20.4. The molecule has 514 valence electrons. The van der Waals surface area contributed by atoms with Crippen LogP contribution in [0.3, 0.4) is 0 Å². The van der Waals surface area contributed by atoms with Crippen LogP contribution in [0.2, 0.25) is 0 Å². The second-order valence-corrected chi connectivity index (χ2v) is 20.4. The van der Waals surface area contributed by atoms with Crippen LogP contribution in [-0.4, -0.2) is 338 Å². The summed E-state index contributed by atoms with van der Waals surface area (Å²) in [7, 11) is 0. The second kappa shape index (κ2) is 49.1. The van der Waals surface area contributed by atoms with Crippen molar-refractivity contribution in [2.45, 2.75) is 144 Å². The fourth-order valence-electron chi connectivity index (χ4n) is 8.59. The molecule has 14 N–H and O–H groups in total. The van der Waals surface area contributed by atoms with E-state index in [1.165, 1.54) is 0 Å². The van der Waals surface area contributed by atoms with Gasteiger partial charge < -0.3 is 143 Å². The third-order valence-corrected chi connectivity index (χ3v) is 13.4. The minimum absolute atomic E-state index is 0.00812. The highest BCUT2D eigenvalue weighted by molar-refractivity contribution is 5.90. The first-order valence-corrected chi connectivity index (χ1v) is 29.8. The van der Waals surface area contributed by atoms with Gasteiger partial charge in [0.1, 0.15) is 68.5 Å². The predicted octanol–water partition coefficient (Wildman–Crippen LogP) is -6.70. The van der Waals surface area contributed by atoms with E-state index in [9.17, 15) is 75.0 Å². The molecule has 1 unspecified atom stereocenters. The molecule has 0 aliphatic carbocycles. The van der Waals surface area contributed by atoms with Gasteiger partial charge >= 0.3 is 5.97 Å². The summed E-state index contributed by atoms with van der Waals surface area (Å²) in [6.07, 6.45) is -10.5. The summed E-state index contributed by atoms with van der Waals surface area (Å²) in [6.45, 7) is 1.17. The van der Waals surface area contributed by atoms with Crippen molar-refractivity contribution < 1.29 is 146 Å². The van der Waals surface area contributed by atoms with Gasteiger partial charge in [0.25, 0.3) is 0 Å². The average Bonchev–Trinajstić information content (AvgIpc) is 3.65. The van der Waals surface area contributed by atoms with E-state index in [0.29, 0.717) is 25.7 Å². The molecule has 4 amide bonds. The Balaban J connectivity index is 1.28. The molecule has 34 heteroatoms. The number of aliphatic hydroxyl groups excluding tert-OH is 9. The van der Waals surface area contributed by atoms with Crippen LogP contribution in [0, 0.1) is 0 Å². The van der Waals surface area contributed by atoms with Gasteiger partial charge in [-0.1, -0.05) is 0 Å². The first-order chi connectivity index (χ1) is 42.6. The molecule has 3 saturated heterocycles. The van der Waals surface area contributed by atoms with Crippen LogP contribution in [-0.2, 0) is 95.0 Å². The molecule has 14 atom stereocenters. The Morgan fingerprint density at radius 1 is 0.386 bits per heavy atom. The molecule has 0 spiro atoms. The quantitative estimate of drug-likeness (QED) is 0.0252. The molecule has 34 nitrogen and oxygen atoms in total. The first-order valence-electron chi connectivity index (χ1n) is 29.8. The molecular formula is C54H98N4O30. The Morgan fingerprint density at radius 3 is 1.00 bits per heavy atom. The van der Waals surface area contributed by atoms with Crippen molar-refractivity contribution in [3.63, 3.8) is 0 Å². The third kappa shape index (κ3) is 35.3. The van der Waals surface area contributed by atoms with E-state index in [1.807, 2.05) is 0 Å². The maximum atomic E-state index is 13.5. The first kappa shape index (κ1) is 78.6. The standard InChI is InChI=1S/C54H98N4O30/c59-30-41-50(68)38(62)27-47(86-41)83-24-21-77-12-9-74-15-18-80-33-44(65)55-7-3-1-5-36(57-46(67)35-82-20-17-76-11-14-79-23-26-85-49-29-40(64)52(70)43(32-61)88-49)53(71)58-37(54(72)73)6-2-4-8-56-45(66)34-81-19-16-75-10-13-78-22-25-84-48-28-39(63)51(69)42(31-60)87-48/h36-43,47-52,59-64,68-70H,1-35H2,(H,55,65)(H,56,66)(H,57,67)(H,58,71)(H,72,73)/t36-,37?,38+,39+,40+,41+,42+,43+,47+,48+,49+,50+,51+,52+/m0/s1. The molecule has 3 aliphatic heterocycles. The number of carboxylic acids is 1. The number of hydrogen-bond acceptors (Lipinski definition) is 29. The number of nitrogens with one attached hydrogen (secondary N) is 4. The lowest BCUT2D eigenvalue weighted by Gasteiger charge is -2.35. The summed E-state index contributed by atoms with van der Waals surface area (Å²) in [6, 6.07) is -2.50. The molecule has 0 bridgehead atoms. The summed E-state index contributed by atoms with van der Waals surface area (Å²) in [5, 5.41) is 107. The minimum Gasteiger partial charge on any atom is -0.480 e. The molecule has 0 radical (unpaired) electrons. The van der Waals surface area contributed by atoms with Gasteiger partial charge in [0, 0.05) is 32.4 Å². The van der Waals surface area contributed by atoms with E-state index in [1.54, 1.807) is 0 Å². The van der Waals surface area contributed by atoms with Gasteiger partial charge in [-0.15, -0.1) is 0 Å². The van der Waals surface area contributed by atoms with Gasteiger partial charge in [-0.3, -0.25) is 19.2 Å². The van der Waals surface area contributed by atoms with Crippen LogP contribution >= 0.6 is 0 Å². The van der Waals surface area contributed by atoms with E-state index in [0.717, 1.165) is 0 Å². The molecular weight excluding hydrogens is 1180 g/mol. The van der Waals surface area contributed by atoms with Crippen molar-refractivity contribution in [2.75, 3.05) is 172 Å². The average molecular weight is 1280 g/mol. The number of unbranched alkanes of at least 4 members (excludes halogenated alkanes) is 2.